The molecule has 0 bridgehead atoms. The fraction of sp³-hybridized carbons (Fsp3) is 0.550. The molecule has 1 amide bonds. The van der Waals surface area contributed by atoms with Crippen molar-refractivity contribution in [3.63, 3.8) is 0 Å². The van der Waals surface area contributed by atoms with Gasteiger partial charge >= 0.3 is 0 Å². The Balaban J connectivity index is 1.47. The number of aryl methyl sites for hydroxylation is 1. The number of hydrogen-bond donors (Lipinski definition) is 0. The molecule has 4 heterocycles. The molecule has 1 atom stereocenters. The van der Waals surface area contributed by atoms with E-state index in [1.807, 2.05) is 24.7 Å². The molecule has 1 unspecified atom stereocenters. The van der Waals surface area contributed by atoms with Gasteiger partial charge in [-0.15, -0.1) is 0 Å². The summed E-state index contributed by atoms with van der Waals surface area (Å²) in [5.74, 6) is 1.72. The van der Waals surface area contributed by atoms with Crippen LogP contribution >= 0.6 is 0 Å². The molecule has 4 rings (SSSR count). The lowest BCUT2D eigenvalue weighted by Gasteiger charge is -2.39. The molecule has 0 aliphatic carbocycles. The second kappa shape index (κ2) is 7.58. The predicted molar refractivity (Wildman–Crippen MR) is 99.2 cm³/mol. The lowest BCUT2D eigenvalue weighted by molar-refractivity contribution is -0.133. The summed E-state index contributed by atoms with van der Waals surface area (Å²) < 4.78 is 2.25. The molecule has 1 saturated heterocycles. The minimum absolute atomic E-state index is 0.116. The maximum absolute atomic E-state index is 12.3. The fourth-order valence-corrected chi connectivity index (χ4v) is 4.46. The highest BCUT2D eigenvalue weighted by molar-refractivity contribution is 5.73. The number of likely N-dealkylation sites (tertiary alicyclic amines) is 1. The van der Waals surface area contributed by atoms with Crippen molar-refractivity contribution in [1.82, 2.24) is 24.3 Å². The number of nitrogens with zero attached hydrogens (tertiary/aromatic N) is 5. The van der Waals surface area contributed by atoms with Crippen LogP contribution in [0.3, 0.4) is 0 Å². The first-order valence-corrected chi connectivity index (χ1v) is 9.62. The molecule has 0 aromatic carbocycles. The summed E-state index contributed by atoms with van der Waals surface area (Å²) >= 11 is 0. The molecular formula is C20H27N5O. The Hall–Kier alpha value is -2.21. The highest BCUT2D eigenvalue weighted by Crippen LogP contribution is 2.36. The van der Waals surface area contributed by atoms with Crippen LogP contribution in [0.15, 0.2) is 36.9 Å². The number of fused-ring (bicyclic) bond motifs is 1. The van der Waals surface area contributed by atoms with E-state index in [9.17, 15) is 4.79 Å². The van der Waals surface area contributed by atoms with Gasteiger partial charge in [-0.25, -0.2) is 4.98 Å². The van der Waals surface area contributed by atoms with E-state index in [4.69, 9.17) is 0 Å². The minimum atomic E-state index is 0.116. The molecule has 1 fully saturated rings. The third-order valence-corrected chi connectivity index (χ3v) is 5.76. The molecule has 0 radical (unpaired) electrons. The molecule has 138 valence electrons. The first-order valence-electron chi connectivity index (χ1n) is 9.62. The number of pyridine rings is 1. The van der Waals surface area contributed by atoms with Crippen molar-refractivity contribution in [3.05, 3.63) is 48.3 Å². The van der Waals surface area contributed by atoms with E-state index in [0.717, 1.165) is 57.8 Å². The van der Waals surface area contributed by atoms with Crippen molar-refractivity contribution in [2.24, 2.45) is 5.92 Å². The maximum Gasteiger partial charge on any atom is 0.220 e. The zero-order valence-corrected chi connectivity index (χ0v) is 15.4. The molecule has 6 heteroatoms. The number of aromatic nitrogens is 3. The average molecular weight is 353 g/mol. The van der Waals surface area contributed by atoms with E-state index in [-0.39, 0.29) is 11.9 Å². The highest BCUT2D eigenvalue weighted by atomic mass is 16.2. The largest absolute Gasteiger partial charge is 0.333 e. The Bertz CT molecular complexity index is 736. The summed E-state index contributed by atoms with van der Waals surface area (Å²) in [6.07, 6.45) is 10.9. The van der Waals surface area contributed by atoms with Crippen LogP contribution in [0.1, 0.15) is 43.6 Å². The molecule has 2 aliphatic heterocycles. The lowest BCUT2D eigenvalue weighted by Crippen LogP contribution is -2.42. The minimum Gasteiger partial charge on any atom is -0.333 e. The molecule has 26 heavy (non-hydrogen) atoms. The number of rotatable bonds is 3. The molecule has 0 spiro atoms. The normalized spacial score (nSPS) is 22.0. The summed E-state index contributed by atoms with van der Waals surface area (Å²) in [5.41, 5.74) is 1.27. The van der Waals surface area contributed by atoms with Gasteiger partial charge in [0.15, 0.2) is 0 Å². The van der Waals surface area contributed by atoms with Gasteiger partial charge in [-0.2, -0.15) is 0 Å². The van der Waals surface area contributed by atoms with Gasteiger partial charge in [0.05, 0.1) is 6.04 Å². The number of imidazole rings is 1. The van der Waals surface area contributed by atoms with E-state index in [0.29, 0.717) is 5.92 Å². The van der Waals surface area contributed by atoms with Gasteiger partial charge in [0.1, 0.15) is 5.82 Å². The number of carbonyl (C=O) groups excluding carboxylic acids is 1. The Kier molecular flexibility index (Phi) is 5.02. The average Bonchev–Trinajstić information content (AvgIpc) is 3.03. The number of piperidine rings is 1. The lowest BCUT2D eigenvalue weighted by atomic mass is 9.87. The topological polar surface area (TPSA) is 54.3 Å². The Labute approximate surface area is 154 Å². The van der Waals surface area contributed by atoms with Crippen molar-refractivity contribution in [1.29, 1.82) is 0 Å². The van der Waals surface area contributed by atoms with Gasteiger partial charge in [-0.3, -0.25) is 14.7 Å². The van der Waals surface area contributed by atoms with Crippen LogP contribution in [0.25, 0.3) is 0 Å². The SMILES string of the molecule is CC(=O)N1CCCn2ccnc2C1C1CCN(Cc2cccnc2)CC1. The van der Waals surface area contributed by atoms with E-state index in [1.165, 1.54) is 5.56 Å². The van der Waals surface area contributed by atoms with Crippen LogP contribution < -0.4 is 0 Å². The summed E-state index contributed by atoms with van der Waals surface area (Å²) in [5, 5.41) is 0. The second-order valence-electron chi connectivity index (χ2n) is 7.46. The van der Waals surface area contributed by atoms with Crippen molar-refractivity contribution < 1.29 is 4.79 Å². The first kappa shape index (κ1) is 17.2. The zero-order chi connectivity index (χ0) is 17.9. The van der Waals surface area contributed by atoms with Gasteiger partial charge in [-0.05, 0) is 49.9 Å². The van der Waals surface area contributed by atoms with E-state index in [1.54, 1.807) is 6.92 Å². The number of carbonyl (C=O) groups is 1. The van der Waals surface area contributed by atoms with Crippen LogP contribution in [0.2, 0.25) is 0 Å². The summed E-state index contributed by atoms with van der Waals surface area (Å²) in [6, 6.07) is 4.25. The van der Waals surface area contributed by atoms with Crippen molar-refractivity contribution in [2.75, 3.05) is 19.6 Å². The smallest absolute Gasteiger partial charge is 0.220 e. The van der Waals surface area contributed by atoms with Crippen LogP contribution in [0, 0.1) is 5.92 Å². The molecule has 0 N–H and O–H groups in total. The standard InChI is InChI=1S/C20H27N5O/c1-16(26)25-10-3-9-24-13-8-22-20(24)19(25)18-5-11-23(12-6-18)15-17-4-2-7-21-14-17/h2,4,7-8,13-14,18-19H,3,5-6,9-12,15H2,1H3. The molecule has 2 aromatic rings. The van der Waals surface area contributed by atoms with Crippen LogP contribution in [-0.2, 0) is 17.9 Å². The van der Waals surface area contributed by atoms with Crippen LogP contribution in [0.5, 0.6) is 0 Å². The Morgan fingerprint density at radius 2 is 2.04 bits per heavy atom. The van der Waals surface area contributed by atoms with Gasteiger partial charge in [-0.1, -0.05) is 6.07 Å². The van der Waals surface area contributed by atoms with Crippen molar-refractivity contribution >= 4 is 5.91 Å². The van der Waals surface area contributed by atoms with Crippen molar-refractivity contribution in [3.8, 4) is 0 Å². The molecular weight excluding hydrogens is 326 g/mol. The first-order chi connectivity index (χ1) is 12.7. The predicted octanol–water partition coefficient (Wildman–Crippen LogP) is 2.48. The van der Waals surface area contributed by atoms with Gasteiger partial charge < -0.3 is 9.47 Å². The number of hydrogen-bond acceptors (Lipinski definition) is 4. The summed E-state index contributed by atoms with van der Waals surface area (Å²) in [6.45, 7) is 6.55. The fourth-order valence-electron chi connectivity index (χ4n) is 4.46. The Morgan fingerprint density at radius 1 is 1.19 bits per heavy atom. The second-order valence-corrected chi connectivity index (χ2v) is 7.46. The quantitative estimate of drug-likeness (QED) is 0.851. The van der Waals surface area contributed by atoms with E-state index < -0.39 is 0 Å². The third kappa shape index (κ3) is 3.51. The monoisotopic (exact) mass is 353 g/mol. The third-order valence-electron chi connectivity index (χ3n) is 5.76. The molecule has 6 nitrogen and oxygen atoms in total. The Morgan fingerprint density at radius 3 is 2.77 bits per heavy atom. The number of amides is 1. The van der Waals surface area contributed by atoms with E-state index in [2.05, 4.69) is 36.6 Å². The maximum atomic E-state index is 12.3. The molecule has 2 aliphatic rings. The summed E-state index contributed by atoms with van der Waals surface area (Å²) in [4.78, 5) is 25.7. The van der Waals surface area contributed by atoms with Gasteiger partial charge in [0.2, 0.25) is 5.91 Å². The molecule has 2 aromatic heterocycles. The van der Waals surface area contributed by atoms with Crippen LogP contribution in [0.4, 0.5) is 0 Å². The van der Waals surface area contributed by atoms with Gasteiger partial charge in [0, 0.05) is 51.3 Å². The summed E-state index contributed by atoms with van der Waals surface area (Å²) in [7, 11) is 0. The van der Waals surface area contributed by atoms with E-state index >= 15 is 0 Å². The molecule has 0 saturated carbocycles. The highest BCUT2D eigenvalue weighted by Gasteiger charge is 2.36. The van der Waals surface area contributed by atoms with Crippen LogP contribution in [-0.4, -0.2) is 49.9 Å². The zero-order valence-electron chi connectivity index (χ0n) is 15.4. The van der Waals surface area contributed by atoms with Gasteiger partial charge in [0.25, 0.3) is 0 Å². The van der Waals surface area contributed by atoms with Crippen molar-refractivity contribution in [2.45, 2.75) is 45.3 Å².